The predicted octanol–water partition coefficient (Wildman–Crippen LogP) is 2.06. The van der Waals surface area contributed by atoms with Crippen LogP contribution in [-0.2, 0) is 4.79 Å². The van der Waals surface area contributed by atoms with Crippen molar-refractivity contribution in [1.29, 1.82) is 0 Å². The van der Waals surface area contributed by atoms with E-state index in [1.165, 1.54) is 6.07 Å². The van der Waals surface area contributed by atoms with Gasteiger partial charge < -0.3 is 16.2 Å². The largest absolute Gasteiger partial charge is 0.478 e. The Hall–Kier alpha value is -1.15. The maximum absolute atomic E-state index is 11.6. The third-order valence-corrected chi connectivity index (χ3v) is 3.02. The number of carboxylic acid groups (broad SMARTS) is 1. The molecule has 0 spiro atoms. The molecule has 0 aromatic heterocycles. The summed E-state index contributed by atoms with van der Waals surface area (Å²) in [5, 5.41) is 11.7. The van der Waals surface area contributed by atoms with Crippen LogP contribution in [0.15, 0.2) is 18.2 Å². The van der Waals surface area contributed by atoms with E-state index < -0.39 is 5.97 Å². The number of nitrogens with two attached hydrogens (primary N) is 1. The third-order valence-electron chi connectivity index (χ3n) is 2.34. The minimum absolute atomic E-state index is 0.106. The molecule has 0 saturated carbocycles. The van der Waals surface area contributed by atoms with Gasteiger partial charge in [-0.3, -0.25) is 4.79 Å². The van der Waals surface area contributed by atoms with Crippen LogP contribution in [0.25, 0.3) is 0 Å². The number of carbonyl (C=O) groups is 2. The van der Waals surface area contributed by atoms with E-state index in [4.69, 9.17) is 10.8 Å². The number of aromatic carboxylic acids is 1. The van der Waals surface area contributed by atoms with Gasteiger partial charge in [0.25, 0.3) is 0 Å². The number of amides is 1. The first-order valence-corrected chi connectivity index (χ1v) is 6.65. The Morgan fingerprint density at radius 2 is 2.06 bits per heavy atom. The minimum Gasteiger partial charge on any atom is -0.478 e. The van der Waals surface area contributed by atoms with Crippen molar-refractivity contribution in [3.63, 3.8) is 0 Å². The van der Waals surface area contributed by atoms with Gasteiger partial charge in [0.05, 0.1) is 11.3 Å². The standard InChI is InChI=1S/C12H15IN2O3/c13-8-4-5-10(9(7-8)12(17)18)15-11(16)3-1-2-6-14/h4-5,7H,1-3,6,14H2,(H,15,16)(H,17,18). The first-order valence-electron chi connectivity index (χ1n) is 5.57. The average molecular weight is 362 g/mol. The topological polar surface area (TPSA) is 92.4 Å². The molecule has 0 radical (unpaired) electrons. The molecule has 0 saturated heterocycles. The number of hydrogen-bond donors (Lipinski definition) is 3. The lowest BCUT2D eigenvalue weighted by Crippen LogP contribution is -2.15. The molecule has 1 aromatic rings. The molecule has 0 bridgehead atoms. The molecule has 98 valence electrons. The van der Waals surface area contributed by atoms with Gasteiger partial charge in [-0.2, -0.15) is 0 Å². The van der Waals surface area contributed by atoms with Gasteiger partial charge in [0.2, 0.25) is 5.91 Å². The van der Waals surface area contributed by atoms with Crippen LogP contribution in [-0.4, -0.2) is 23.5 Å². The zero-order valence-electron chi connectivity index (χ0n) is 9.78. The lowest BCUT2D eigenvalue weighted by molar-refractivity contribution is -0.116. The Morgan fingerprint density at radius 1 is 1.33 bits per heavy atom. The molecular weight excluding hydrogens is 347 g/mol. The Kier molecular flexibility index (Phi) is 6.06. The molecule has 1 aromatic carbocycles. The van der Waals surface area contributed by atoms with Crippen LogP contribution in [0.5, 0.6) is 0 Å². The molecule has 0 heterocycles. The van der Waals surface area contributed by atoms with Crippen LogP contribution in [0.4, 0.5) is 5.69 Å². The van der Waals surface area contributed by atoms with Crippen LogP contribution in [0.2, 0.25) is 0 Å². The van der Waals surface area contributed by atoms with E-state index in [1.807, 2.05) is 22.6 Å². The van der Waals surface area contributed by atoms with Crippen molar-refractivity contribution in [2.45, 2.75) is 19.3 Å². The van der Waals surface area contributed by atoms with Crippen LogP contribution in [0, 0.1) is 3.57 Å². The smallest absolute Gasteiger partial charge is 0.337 e. The molecule has 0 aliphatic rings. The summed E-state index contributed by atoms with van der Waals surface area (Å²) in [6, 6.07) is 4.88. The Morgan fingerprint density at radius 3 is 2.67 bits per heavy atom. The second-order valence-electron chi connectivity index (χ2n) is 3.79. The third kappa shape index (κ3) is 4.61. The van der Waals surface area contributed by atoms with Crippen LogP contribution in [0.1, 0.15) is 29.6 Å². The van der Waals surface area contributed by atoms with Crippen molar-refractivity contribution in [3.8, 4) is 0 Å². The van der Waals surface area contributed by atoms with Crippen LogP contribution in [0.3, 0.4) is 0 Å². The normalized spacial score (nSPS) is 10.1. The van der Waals surface area contributed by atoms with E-state index >= 15 is 0 Å². The number of anilines is 1. The summed E-state index contributed by atoms with van der Waals surface area (Å²) in [5.74, 6) is -1.24. The van der Waals surface area contributed by atoms with Crippen molar-refractivity contribution in [3.05, 3.63) is 27.3 Å². The van der Waals surface area contributed by atoms with Crippen molar-refractivity contribution in [2.75, 3.05) is 11.9 Å². The van der Waals surface area contributed by atoms with E-state index in [0.717, 1.165) is 9.99 Å². The quantitative estimate of drug-likeness (QED) is 0.534. The van der Waals surface area contributed by atoms with E-state index in [0.29, 0.717) is 25.1 Å². The highest BCUT2D eigenvalue weighted by molar-refractivity contribution is 14.1. The SMILES string of the molecule is NCCCCC(=O)Nc1ccc(I)cc1C(=O)O. The molecule has 4 N–H and O–H groups in total. The summed E-state index contributed by atoms with van der Waals surface area (Å²) < 4.78 is 0.811. The number of unbranched alkanes of at least 4 members (excludes halogenated alkanes) is 1. The summed E-state index contributed by atoms with van der Waals surface area (Å²) in [4.78, 5) is 22.6. The average Bonchev–Trinajstić information content (AvgIpc) is 2.31. The first-order chi connectivity index (χ1) is 8.54. The predicted molar refractivity (Wildman–Crippen MR) is 77.7 cm³/mol. The molecule has 0 aliphatic carbocycles. The number of benzene rings is 1. The van der Waals surface area contributed by atoms with Gasteiger partial charge in [-0.05, 0) is 60.2 Å². The molecule has 0 aliphatic heterocycles. The highest BCUT2D eigenvalue weighted by atomic mass is 127. The van der Waals surface area contributed by atoms with Gasteiger partial charge in [0.15, 0.2) is 0 Å². The summed E-state index contributed by atoms with van der Waals surface area (Å²) in [5.41, 5.74) is 5.78. The summed E-state index contributed by atoms with van der Waals surface area (Å²) in [6.07, 6.45) is 1.84. The van der Waals surface area contributed by atoms with Crippen molar-refractivity contribution < 1.29 is 14.7 Å². The second kappa shape index (κ2) is 7.32. The van der Waals surface area contributed by atoms with Gasteiger partial charge in [0, 0.05) is 9.99 Å². The second-order valence-corrected chi connectivity index (χ2v) is 5.03. The number of halogens is 1. The van der Waals surface area contributed by atoms with Gasteiger partial charge >= 0.3 is 5.97 Å². The first kappa shape index (κ1) is 14.9. The number of carbonyl (C=O) groups excluding carboxylic acids is 1. The number of hydrogen-bond acceptors (Lipinski definition) is 3. The number of carboxylic acids is 1. The Balaban J connectivity index is 2.72. The maximum atomic E-state index is 11.6. The molecule has 0 atom stereocenters. The fourth-order valence-corrected chi connectivity index (χ4v) is 1.94. The molecule has 6 heteroatoms. The van der Waals surface area contributed by atoms with E-state index in [9.17, 15) is 9.59 Å². The molecular formula is C12H15IN2O3. The van der Waals surface area contributed by atoms with Crippen molar-refractivity contribution in [1.82, 2.24) is 0 Å². The van der Waals surface area contributed by atoms with Gasteiger partial charge in [-0.1, -0.05) is 0 Å². The Bertz CT molecular complexity index is 449. The summed E-state index contributed by atoms with van der Waals surface area (Å²) in [7, 11) is 0. The highest BCUT2D eigenvalue weighted by Gasteiger charge is 2.12. The van der Waals surface area contributed by atoms with Gasteiger partial charge in [-0.15, -0.1) is 0 Å². The number of nitrogens with one attached hydrogen (secondary N) is 1. The van der Waals surface area contributed by atoms with E-state index in [-0.39, 0.29) is 11.5 Å². The summed E-state index contributed by atoms with van der Waals surface area (Å²) in [6.45, 7) is 0.553. The van der Waals surface area contributed by atoms with E-state index in [2.05, 4.69) is 5.32 Å². The van der Waals surface area contributed by atoms with Gasteiger partial charge in [0.1, 0.15) is 0 Å². The van der Waals surface area contributed by atoms with Crippen LogP contribution >= 0.6 is 22.6 Å². The lowest BCUT2D eigenvalue weighted by Gasteiger charge is -2.08. The molecule has 1 amide bonds. The van der Waals surface area contributed by atoms with Crippen molar-refractivity contribution in [2.24, 2.45) is 5.73 Å². The minimum atomic E-state index is -1.05. The van der Waals surface area contributed by atoms with Gasteiger partial charge in [-0.25, -0.2) is 4.79 Å². The zero-order chi connectivity index (χ0) is 13.5. The zero-order valence-corrected chi connectivity index (χ0v) is 11.9. The molecule has 1 rings (SSSR count). The molecule has 5 nitrogen and oxygen atoms in total. The Labute approximate surface area is 119 Å². The molecule has 18 heavy (non-hydrogen) atoms. The monoisotopic (exact) mass is 362 g/mol. The fraction of sp³-hybridized carbons (Fsp3) is 0.333. The fourth-order valence-electron chi connectivity index (χ4n) is 1.45. The number of rotatable bonds is 6. The molecule has 0 fully saturated rings. The van der Waals surface area contributed by atoms with Crippen LogP contribution < -0.4 is 11.1 Å². The maximum Gasteiger partial charge on any atom is 0.337 e. The van der Waals surface area contributed by atoms with Crippen molar-refractivity contribution >= 4 is 40.2 Å². The van der Waals surface area contributed by atoms with E-state index in [1.54, 1.807) is 12.1 Å². The summed E-state index contributed by atoms with van der Waals surface area (Å²) >= 11 is 2.03. The lowest BCUT2D eigenvalue weighted by atomic mass is 10.1. The highest BCUT2D eigenvalue weighted by Crippen LogP contribution is 2.19. The molecule has 0 unspecified atom stereocenters.